The first-order valence-corrected chi connectivity index (χ1v) is 9.30. The number of ether oxygens (including phenoxy) is 3. The second-order valence-corrected chi connectivity index (χ2v) is 9.21. The first-order valence-electron chi connectivity index (χ1n) is 9.30. The summed E-state index contributed by atoms with van der Waals surface area (Å²) >= 11 is 0. The first kappa shape index (κ1) is 17.3. The van der Waals surface area contributed by atoms with Crippen LogP contribution in [0.4, 0.5) is 0 Å². The van der Waals surface area contributed by atoms with Gasteiger partial charge in [0.1, 0.15) is 11.7 Å². The van der Waals surface area contributed by atoms with Gasteiger partial charge in [0.25, 0.3) is 0 Å². The third-order valence-corrected chi connectivity index (χ3v) is 7.95. The Kier molecular flexibility index (Phi) is 3.30. The molecule has 0 aromatic heterocycles. The highest BCUT2D eigenvalue weighted by atomic mass is 16.6. The van der Waals surface area contributed by atoms with E-state index in [1.165, 1.54) is 0 Å². The molecule has 2 aliphatic heterocycles. The van der Waals surface area contributed by atoms with Crippen molar-refractivity contribution in [1.29, 1.82) is 0 Å². The van der Waals surface area contributed by atoms with Crippen LogP contribution < -0.4 is 0 Å². The second kappa shape index (κ2) is 4.77. The third kappa shape index (κ3) is 1.78. The number of hydrogen-bond donors (Lipinski definition) is 1. The zero-order chi connectivity index (χ0) is 18.4. The number of hydrogen-bond acceptors (Lipinski definition) is 6. The van der Waals surface area contributed by atoms with E-state index in [4.69, 9.17) is 14.2 Å². The van der Waals surface area contributed by atoms with Crippen molar-refractivity contribution >= 4 is 11.9 Å². The predicted molar refractivity (Wildman–Crippen MR) is 87.2 cm³/mol. The van der Waals surface area contributed by atoms with Crippen molar-refractivity contribution in [2.24, 2.45) is 28.6 Å². The van der Waals surface area contributed by atoms with Crippen molar-refractivity contribution in [3.05, 3.63) is 0 Å². The monoisotopic (exact) mass is 352 g/mol. The molecule has 0 spiro atoms. The minimum Gasteiger partial charge on any atom is -0.462 e. The lowest BCUT2D eigenvalue weighted by Crippen LogP contribution is -2.64. The molecule has 0 aromatic rings. The molecule has 4 fully saturated rings. The van der Waals surface area contributed by atoms with E-state index >= 15 is 0 Å². The minimum absolute atomic E-state index is 0.0818. The summed E-state index contributed by atoms with van der Waals surface area (Å²) in [4.78, 5) is 24.6. The van der Waals surface area contributed by atoms with E-state index in [1.54, 1.807) is 0 Å². The van der Waals surface area contributed by atoms with E-state index in [2.05, 4.69) is 0 Å². The maximum atomic E-state index is 12.4. The second-order valence-electron chi connectivity index (χ2n) is 9.21. The van der Waals surface area contributed by atoms with Gasteiger partial charge in [-0.1, -0.05) is 34.6 Å². The van der Waals surface area contributed by atoms with Crippen molar-refractivity contribution in [3.8, 4) is 0 Å². The molecule has 2 bridgehead atoms. The number of carbonyl (C=O) groups excluding carboxylic acids is 2. The Balaban J connectivity index is 1.80. The summed E-state index contributed by atoms with van der Waals surface area (Å²) in [5.41, 5.74) is -1.81. The summed E-state index contributed by atoms with van der Waals surface area (Å²) in [6, 6.07) is 0. The van der Waals surface area contributed by atoms with Crippen LogP contribution in [-0.4, -0.2) is 41.1 Å². The molecule has 140 valence electrons. The molecular formula is C19H28O6. The van der Waals surface area contributed by atoms with E-state index in [1.807, 2.05) is 34.6 Å². The molecule has 0 aromatic carbocycles. The number of aliphatic hydroxyl groups is 1. The van der Waals surface area contributed by atoms with E-state index in [-0.39, 0.29) is 42.2 Å². The van der Waals surface area contributed by atoms with Gasteiger partial charge in [0.15, 0.2) is 5.79 Å². The molecule has 2 saturated carbocycles. The molecule has 25 heavy (non-hydrogen) atoms. The molecule has 6 heteroatoms. The largest absolute Gasteiger partial charge is 0.462 e. The average Bonchev–Trinajstić information content (AvgIpc) is 3.00. The number of rotatable bonds is 2. The van der Waals surface area contributed by atoms with Crippen LogP contribution >= 0.6 is 0 Å². The molecule has 2 heterocycles. The lowest BCUT2D eigenvalue weighted by Gasteiger charge is -2.56. The van der Waals surface area contributed by atoms with Crippen molar-refractivity contribution in [1.82, 2.24) is 0 Å². The summed E-state index contributed by atoms with van der Waals surface area (Å²) < 4.78 is 17.7. The van der Waals surface area contributed by atoms with Gasteiger partial charge in [-0.2, -0.15) is 0 Å². The maximum Gasteiger partial charge on any atom is 0.308 e. The smallest absolute Gasteiger partial charge is 0.308 e. The van der Waals surface area contributed by atoms with Crippen LogP contribution in [0.3, 0.4) is 0 Å². The van der Waals surface area contributed by atoms with E-state index in [0.29, 0.717) is 19.4 Å². The van der Waals surface area contributed by atoms with Crippen LogP contribution in [0.1, 0.15) is 53.9 Å². The topological polar surface area (TPSA) is 82.1 Å². The van der Waals surface area contributed by atoms with Crippen LogP contribution in [0, 0.1) is 28.6 Å². The summed E-state index contributed by atoms with van der Waals surface area (Å²) in [6.07, 6.45) is 0.769. The first-order chi connectivity index (χ1) is 11.5. The Morgan fingerprint density at radius 3 is 2.68 bits per heavy atom. The molecule has 0 unspecified atom stereocenters. The van der Waals surface area contributed by atoms with Crippen LogP contribution in [0.15, 0.2) is 0 Å². The normalized spacial score (nSPS) is 53.6. The highest BCUT2D eigenvalue weighted by Gasteiger charge is 2.84. The van der Waals surface area contributed by atoms with Crippen LogP contribution in [0.2, 0.25) is 0 Å². The fourth-order valence-electron chi connectivity index (χ4n) is 6.18. The van der Waals surface area contributed by atoms with Crippen molar-refractivity contribution in [2.45, 2.75) is 71.4 Å². The summed E-state index contributed by atoms with van der Waals surface area (Å²) in [5, 5.41) is 11.1. The molecule has 6 nitrogen and oxygen atoms in total. The van der Waals surface area contributed by atoms with Crippen LogP contribution in [0.5, 0.6) is 0 Å². The molecule has 1 N–H and O–H groups in total. The zero-order valence-electron chi connectivity index (χ0n) is 15.6. The van der Waals surface area contributed by atoms with Crippen LogP contribution in [-0.2, 0) is 23.8 Å². The maximum absolute atomic E-state index is 12.4. The molecule has 2 aliphatic carbocycles. The Morgan fingerprint density at radius 1 is 1.36 bits per heavy atom. The van der Waals surface area contributed by atoms with Gasteiger partial charge >= 0.3 is 11.9 Å². The van der Waals surface area contributed by atoms with Gasteiger partial charge < -0.3 is 19.3 Å². The average molecular weight is 352 g/mol. The van der Waals surface area contributed by atoms with Gasteiger partial charge in [-0.25, -0.2) is 0 Å². The summed E-state index contributed by atoms with van der Waals surface area (Å²) in [6.45, 7) is 10.0. The highest BCUT2D eigenvalue weighted by Crippen LogP contribution is 2.75. The van der Waals surface area contributed by atoms with Gasteiger partial charge in [0, 0.05) is 35.5 Å². The molecule has 4 rings (SSSR count). The lowest BCUT2D eigenvalue weighted by atomic mass is 9.48. The number of fused-ring (bicyclic) bond motifs is 2. The zero-order valence-corrected chi connectivity index (χ0v) is 15.6. The highest BCUT2D eigenvalue weighted by molar-refractivity contribution is 5.76. The fourth-order valence-corrected chi connectivity index (χ4v) is 6.18. The van der Waals surface area contributed by atoms with Gasteiger partial charge in [-0.15, -0.1) is 0 Å². The quantitative estimate of drug-likeness (QED) is 0.766. The molecule has 4 aliphatic rings. The minimum atomic E-state index is -1.25. The van der Waals surface area contributed by atoms with Crippen LogP contribution in [0.25, 0.3) is 0 Å². The van der Waals surface area contributed by atoms with Gasteiger partial charge in [-0.05, 0) is 0 Å². The van der Waals surface area contributed by atoms with E-state index in [0.717, 1.165) is 0 Å². The standard InChI is InChI=1S/C19H28O6/c1-10(2)15(21)24-13-6-19-16(5)9-23-18(22,12(16)4)8-17(19,11(13)3)7-14(20)25-19/h10-13,22H,6-9H2,1-5H3/t11-,12-,13-,16-,17+,18-,19-/m1/s1. The van der Waals surface area contributed by atoms with Crippen molar-refractivity contribution in [3.63, 3.8) is 0 Å². The van der Waals surface area contributed by atoms with Crippen molar-refractivity contribution < 1.29 is 28.9 Å². The van der Waals surface area contributed by atoms with Crippen molar-refractivity contribution in [2.75, 3.05) is 6.61 Å². The van der Waals surface area contributed by atoms with E-state index < -0.39 is 22.2 Å². The summed E-state index contributed by atoms with van der Waals surface area (Å²) in [5.74, 6) is -2.15. The molecule has 2 saturated heterocycles. The molecule has 7 atom stereocenters. The lowest BCUT2D eigenvalue weighted by molar-refractivity contribution is -0.257. The molecule has 0 radical (unpaired) electrons. The number of carbonyl (C=O) groups is 2. The fraction of sp³-hybridized carbons (Fsp3) is 0.895. The Bertz CT molecular complexity index is 646. The van der Waals surface area contributed by atoms with Gasteiger partial charge in [0.05, 0.1) is 18.9 Å². The van der Waals surface area contributed by atoms with Gasteiger partial charge in [0.2, 0.25) is 0 Å². The van der Waals surface area contributed by atoms with E-state index in [9.17, 15) is 14.7 Å². The van der Waals surface area contributed by atoms with Gasteiger partial charge in [-0.3, -0.25) is 9.59 Å². The third-order valence-electron chi connectivity index (χ3n) is 7.95. The Morgan fingerprint density at radius 2 is 2.04 bits per heavy atom. The number of esters is 2. The predicted octanol–water partition coefficient (Wildman–Crippen LogP) is 2.03. The molecular weight excluding hydrogens is 324 g/mol. The molecule has 0 amide bonds. The Hall–Kier alpha value is -1.14. The summed E-state index contributed by atoms with van der Waals surface area (Å²) in [7, 11) is 0. The Labute approximate surface area is 148 Å². The SMILES string of the molecule is CC(C)C(=O)O[C@@H]1C[C@]23OC(=O)C[C@]2(C[C@@]2(O)OC[C@]3(C)[C@H]2C)[C@@H]1C.